The largest absolute Gasteiger partial charge is 0.508 e. The van der Waals surface area contributed by atoms with Crippen LogP contribution in [0.3, 0.4) is 0 Å². The van der Waals surface area contributed by atoms with Crippen LogP contribution in [0, 0.1) is 0 Å². The van der Waals surface area contributed by atoms with Crippen LogP contribution in [0.15, 0.2) is 47.6 Å². The van der Waals surface area contributed by atoms with E-state index in [4.69, 9.17) is 9.84 Å². The van der Waals surface area contributed by atoms with E-state index in [1.54, 1.807) is 31.4 Å². The molecule has 0 aromatic heterocycles. The van der Waals surface area contributed by atoms with Crippen molar-refractivity contribution in [2.24, 2.45) is 5.10 Å². The second-order valence-corrected chi connectivity index (χ2v) is 4.17. The van der Waals surface area contributed by atoms with E-state index in [2.05, 4.69) is 10.5 Å². The summed E-state index contributed by atoms with van der Waals surface area (Å²) in [7, 11) is 1.58. The van der Waals surface area contributed by atoms with E-state index in [1.165, 1.54) is 18.3 Å². The van der Waals surface area contributed by atoms with Gasteiger partial charge in [0.15, 0.2) is 0 Å². The van der Waals surface area contributed by atoms with Crippen molar-refractivity contribution in [2.75, 3.05) is 7.11 Å². The molecule has 1 amide bonds. The topological polar surface area (TPSA) is 91.2 Å². The van der Waals surface area contributed by atoms with Crippen LogP contribution in [-0.4, -0.2) is 29.4 Å². The number of aromatic hydroxyl groups is 2. The molecule has 0 saturated carbocycles. The Morgan fingerprint density at radius 2 is 1.90 bits per heavy atom. The Morgan fingerprint density at radius 1 is 1.19 bits per heavy atom. The minimum absolute atomic E-state index is 0.0275. The fraction of sp³-hybridized carbons (Fsp3) is 0.0667. The van der Waals surface area contributed by atoms with Gasteiger partial charge in [-0.15, -0.1) is 0 Å². The smallest absolute Gasteiger partial charge is 0.275 e. The summed E-state index contributed by atoms with van der Waals surface area (Å²) < 4.78 is 5.03. The minimum atomic E-state index is -0.572. The molecule has 2 rings (SSSR count). The molecule has 0 bridgehead atoms. The number of hydrazone groups is 1. The molecular formula is C15H14N2O4. The van der Waals surface area contributed by atoms with Gasteiger partial charge in [0, 0.05) is 6.07 Å². The van der Waals surface area contributed by atoms with Crippen LogP contribution in [0.25, 0.3) is 0 Å². The number of phenols is 2. The highest BCUT2D eigenvalue weighted by Gasteiger charge is 2.10. The van der Waals surface area contributed by atoms with E-state index >= 15 is 0 Å². The fourth-order valence-corrected chi connectivity index (χ4v) is 1.63. The quantitative estimate of drug-likeness (QED) is 0.591. The molecule has 2 aromatic rings. The van der Waals surface area contributed by atoms with Gasteiger partial charge in [-0.25, -0.2) is 5.43 Å². The summed E-state index contributed by atoms with van der Waals surface area (Å²) in [5.41, 5.74) is 3.10. The first-order valence-corrected chi connectivity index (χ1v) is 6.09. The van der Waals surface area contributed by atoms with Crippen LogP contribution < -0.4 is 10.2 Å². The zero-order chi connectivity index (χ0) is 15.2. The van der Waals surface area contributed by atoms with Gasteiger partial charge in [0.1, 0.15) is 17.2 Å². The molecule has 6 nitrogen and oxygen atoms in total. The molecule has 0 saturated heterocycles. The number of methoxy groups -OCH3 is 1. The molecule has 0 atom stereocenters. The van der Waals surface area contributed by atoms with E-state index in [9.17, 15) is 9.90 Å². The molecule has 0 aliphatic carbocycles. The van der Waals surface area contributed by atoms with Crippen molar-refractivity contribution in [3.05, 3.63) is 53.6 Å². The SMILES string of the molecule is COc1ccc(/C=N/NC(=O)c2ccc(O)cc2O)cc1. The van der Waals surface area contributed by atoms with Gasteiger partial charge >= 0.3 is 0 Å². The maximum absolute atomic E-state index is 11.8. The van der Waals surface area contributed by atoms with Crippen LogP contribution >= 0.6 is 0 Å². The lowest BCUT2D eigenvalue weighted by Gasteiger charge is -2.03. The maximum atomic E-state index is 11.8. The predicted octanol–water partition coefficient (Wildman–Crippen LogP) is 1.87. The molecule has 0 heterocycles. The van der Waals surface area contributed by atoms with E-state index in [0.29, 0.717) is 0 Å². The number of hydrogen-bond acceptors (Lipinski definition) is 5. The van der Waals surface area contributed by atoms with Crippen molar-refractivity contribution >= 4 is 12.1 Å². The van der Waals surface area contributed by atoms with Crippen molar-refractivity contribution in [3.8, 4) is 17.2 Å². The third-order valence-corrected chi connectivity index (χ3v) is 2.72. The summed E-state index contributed by atoms with van der Waals surface area (Å²) in [5.74, 6) is -0.277. The van der Waals surface area contributed by atoms with Gasteiger partial charge in [-0.1, -0.05) is 0 Å². The number of benzene rings is 2. The minimum Gasteiger partial charge on any atom is -0.508 e. The van der Waals surface area contributed by atoms with Gasteiger partial charge in [-0.05, 0) is 42.0 Å². The lowest BCUT2D eigenvalue weighted by Crippen LogP contribution is -2.17. The number of ether oxygens (including phenoxy) is 1. The molecule has 0 aliphatic heterocycles. The number of hydrogen-bond donors (Lipinski definition) is 3. The average molecular weight is 286 g/mol. The first-order chi connectivity index (χ1) is 10.1. The average Bonchev–Trinajstić information content (AvgIpc) is 2.47. The highest BCUT2D eigenvalue weighted by molar-refractivity contribution is 5.97. The molecular weight excluding hydrogens is 272 g/mol. The number of nitrogens with one attached hydrogen (secondary N) is 1. The molecule has 0 unspecified atom stereocenters. The van der Waals surface area contributed by atoms with Crippen LogP contribution in [0.5, 0.6) is 17.2 Å². The summed E-state index contributed by atoms with van der Waals surface area (Å²) in [6, 6.07) is 10.8. The zero-order valence-electron chi connectivity index (χ0n) is 11.3. The van der Waals surface area contributed by atoms with Crippen molar-refractivity contribution in [3.63, 3.8) is 0 Å². The molecule has 0 spiro atoms. The number of amides is 1. The first-order valence-electron chi connectivity index (χ1n) is 6.09. The second-order valence-electron chi connectivity index (χ2n) is 4.17. The Kier molecular flexibility index (Phi) is 4.40. The molecule has 108 valence electrons. The summed E-state index contributed by atoms with van der Waals surface area (Å²) in [4.78, 5) is 11.8. The van der Waals surface area contributed by atoms with Crippen LogP contribution in [0.2, 0.25) is 0 Å². The Morgan fingerprint density at radius 3 is 2.52 bits per heavy atom. The van der Waals surface area contributed by atoms with E-state index in [1.807, 2.05) is 0 Å². The monoisotopic (exact) mass is 286 g/mol. The highest BCUT2D eigenvalue weighted by atomic mass is 16.5. The van der Waals surface area contributed by atoms with Crippen molar-refractivity contribution < 1.29 is 19.7 Å². The number of carbonyl (C=O) groups excluding carboxylic acids is 1. The summed E-state index contributed by atoms with van der Waals surface area (Å²) in [6.07, 6.45) is 1.47. The standard InChI is InChI=1S/C15H14N2O4/c1-21-12-5-2-10(3-6-12)9-16-17-15(20)13-7-4-11(18)8-14(13)19/h2-9,18-19H,1H3,(H,17,20)/b16-9+. The third-order valence-electron chi connectivity index (χ3n) is 2.72. The first kappa shape index (κ1) is 14.4. The van der Waals surface area contributed by atoms with Crippen LogP contribution in [0.4, 0.5) is 0 Å². The number of phenolic OH excluding ortho intramolecular Hbond substituents is 2. The summed E-state index contributed by atoms with van der Waals surface area (Å²) >= 11 is 0. The van der Waals surface area contributed by atoms with Gasteiger partial charge in [0.25, 0.3) is 5.91 Å². The molecule has 6 heteroatoms. The predicted molar refractivity (Wildman–Crippen MR) is 77.8 cm³/mol. The van der Waals surface area contributed by atoms with Gasteiger partial charge in [0.2, 0.25) is 0 Å². The van der Waals surface area contributed by atoms with Crippen molar-refractivity contribution in [1.29, 1.82) is 0 Å². The highest BCUT2D eigenvalue weighted by Crippen LogP contribution is 2.22. The van der Waals surface area contributed by atoms with Gasteiger partial charge < -0.3 is 14.9 Å². The summed E-state index contributed by atoms with van der Waals surface area (Å²) in [6.45, 7) is 0. The third kappa shape index (κ3) is 3.73. The lowest BCUT2D eigenvalue weighted by molar-refractivity contribution is 0.0952. The number of carbonyl (C=O) groups is 1. The molecule has 3 N–H and O–H groups in total. The molecule has 2 aromatic carbocycles. The second kappa shape index (κ2) is 6.42. The van der Waals surface area contributed by atoms with Gasteiger partial charge in [0.05, 0.1) is 18.9 Å². The van der Waals surface area contributed by atoms with E-state index in [-0.39, 0.29) is 17.1 Å². The molecule has 0 aliphatic rings. The molecule has 0 radical (unpaired) electrons. The van der Waals surface area contributed by atoms with Crippen molar-refractivity contribution in [2.45, 2.75) is 0 Å². The number of rotatable bonds is 4. The Labute approximate surface area is 121 Å². The van der Waals surface area contributed by atoms with E-state index in [0.717, 1.165) is 17.4 Å². The van der Waals surface area contributed by atoms with E-state index < -0.39 is 5.91 Å². The Hall–Kier alpha value is -3.02. The normalized spacial score (nSPS) is 10.5. The Balaban J connectivity index is 2.01. The van der Waals surface area contributed by atoms with Gasteiger partial charge in [-0.2, -0.15) is 5.10 Å². The van der Waals surface area contributed by atoms with Gasteiger partial charge in [-0.3, -0.25) is 4.79 Å². The zero-order valence-corrected chi connectivity index (χ0v) is 11.3. The maximum Gasteiger partial charge on any atom is 0.275 e. The van der Waals surface area contributed by atoms with Crippen LogP contribution in [0.1, 0.15) is 15.9 Å². The number of nitrogens with zero attached hydrogens (tertiary/aromatic N) is 1. The van der Waals surface area contributed by atoms with Crippen LogP contribution in [-0.2, 0) is 0 Å². The lowest BCUT2D eigenvalue weighted by atomic mass is 10.2. The molecule has 21 heavy (non-hydrogen) atoms. The molecule has 0 fully saturated rings. The fourth-order valence-electron chi connectivity index (χ4n) is 1.63. The Bertz CT molecular complexity index is 666. The van der Waals surface area contributed by atoms with Crippen molar-refractivity contribution in [1.82, 2.24) is 5.43 Å². The summed E-state index contributed by atoms with van der Waals surface area (Å²) in [5, 5.41) is 22.5.